The fourth-order valence-electron chi connectivity index (χ4n) is 7.22. The number of carboxylic acids is 2. The van der Waals surface area contributed by atoms with Crippen molar-refractivity contribution in [2.75, 3.05) is 330 Å². The molecule has 2 unspecified atom stereocenters. The largest absolute Gasteiger partial charge is 0.481 e. The average molecular weight is 1580 g/mol. The summed E-state index contributed by atoms with van der Waals surface area (Å²) in [5.74, 6) is -1.63. The van der Waals surface area contributed by atoms with E-state index in [0.29, 0.717) is 117 Å². The molecule has 108 heavy (non-hydrogen) atoms. The topological polar surface area (TPSA) is 562 Å². The molecule has 0 saturated carbocycles. The molecule has 666 valence electrons. The molecule has 2 atom stereocenters. The van der Waals surface area contributed by atoms with Crippen LogP contribution in [0.4, 0.5) is 0 Å². The number of carboxylic acid groups (broad SMARTS) is 2. The number of likely N-dealkylation sites (N-methyl/N-ethyl adjacent to an activating group) is 4. The number of hydrogen-bond donors (Lipinski definition) is 30. The van der Waals surface area contributed by atoms with Gasteiger partial charge in [-0.05, 0) is 93.0 Å². The molecule has 0 radical (unpaired) electrons. The van der Waals surface area contributed by atoms with E-state index in [0.717, 1.165) is 144 Å². The molecule has 0 aliphatic heterocycles. The summed E-state index contributed by atoms with van der Waals surface area (Å²) >= 11 is 0. The third kappa shape index (κ3) is 168. The number of nitrogens with zero attached hydrogens (tertiary/aromatic N) is 4. The summed E-state index contributed by atoms with van der Waals surface area (Å²) in [6, 6.07) is 1.61. The Labute approximate surface area is 659 Å². The molecular formula is C72H184N22O14. The SMILES string of the molecule is CC(C)NCCNC(C)C.CCC(CO)NCCNC(CC)CO.CCCNCCNCCC.CCNCCNCC.CN(C)CCN(C)C.NCCNCC(=O)O.NCCNCCC(=O)O.NCCNCCCO.NCCNCCO.OCCN(CCO)CCN(CCO)CCO.OCCNCCNCCO. The van der Waals surface area contributed by atoms with Gasteiger partial charge in [-0.1, -0.05) is 69.2 Å². The lowest BCUT2D eigenvalue weighted by molar-refractivity contribution is -0.137. The van der Waals surface area contributed by atoms with Crippen molar-refractivity contribution in [3.63, 3.8) is 0 Å². The van der Waals surface area contributed by atoms with Crippen LogP contribution in [0.1, 0.15) is 108 Å². The van der Waals surface area contributed by atoms with Gasteiger partial charge in [-0.25, -0.2) is 0 Å². The first kappa shape index (κ1) is 129. The predicted octanol–water partition coefficient (Wildman–Crippen LogP) is -7.23. The maximum atomic E-state index is 9.89. The molecule has 0 bridgehead atoms. The summed E-state index contributed by atoms with van der Waals surface area (Å²) in [5.41, 5.74) is 20.5. The number of rotatable bonds is 65. The van der Waals surface area contributed by atoms with Crippen molar-refractivity contribution in [3.8, 4) is 0 Å². The van der Waals surface area contributed by atoms with Crippen molar-refractivity contribution in [1.29, 1.82) is 0 Å². The van der Waals surface area contributed by atoms with Gasteiger partial charge in [-0.3, -0.25) is 19.4 Å². The minimum absolute atomic E-state index is 0.00278. The van der Waals surface area contributed by atoms with Crippen molar-refractivity contribution in [2.45, 2.75) is 132 Å². The molecule has 36 heteroatoms. The molecule has 0 saturated heterocycles. The molecule has 0 spiro atoms. The van der Waals surface area contributed by atoms with Gasteiger partial charge < -0.3 is 168 Å². The molecule has 0 rings (SSSR count). The van der Waals surface area contributed by atoms with Crippen molar-refractivity contribution in [3.05, 3.63) is 0 Å². The summed E-state index contributed by atoms with van der Waals surface area (Å²) in [4.78, 5) is 27.9. The molecule has 0 heterocycles. The lowest BCUT2D eigenvalue weighted by atomic mass is 10.2. The molecule has 0 aromatic carbocycles. The number of hydrogen-bond acceptors (Lipinski definition) is 34. The maximum Gasteiger partial charge on any atom is 0.317 e. The second-order valence-electron chi connectivity index (χ2n) is 25.0. The van der Waals surface area contributed by atoms with E-state index in [9.17, 15) is 9.59 Å². The quantitative estimate of drug-likeness (QED) is 0.0252. The van der Waals surface area contributed by atoms with Gasteiger partial charge in [0.25, 0.3) is 0 Å². The summed E-state index contributed by atoms with van der Waals surface area (Å²) < 4.78 is 0. The van der Waals surface area contributed by atoms with Crippen LogP contribution in [-0.2, 0) is 9.59 Å². The average Bonchev–Trinajstić information content (AvgIpc) is 0.982. The monoisotopic (exact) mass is 1580 g/mol. The van der Waals surface area contributed by atoms with E-state index in [2.05, 4.69) is 168 Å². The highest BCUT2D eigenvalue weighted by molar-refractivity contribution is 5.69. The Hall–Kier alpha value is -2.34. The number of aliphatic carboxylic acids is 2. The summed E-state index contributed by atoms with van der Waals surface area (Å²) in [5, 5.41) is 146. The minimum atomic E-state index is -0.849. The lowest BCUT2D eigenvalue weighted by Gasteiger charge is -2.25. The Balaban J connectivity index is -0.000000107. The number of aliphatic hydroxyl groups is 10. The normalized spacial score (nSPS) is 11.0. The first-order valence-electron chi connectivity index (χ1n) is 40.0. The van der Waals surface area contributed by atoms with Gasteiger partial charge in [0.2, 0.25) is 0 Å². The van der Waals surface area contributed by atoms with E-state index in [4.69, 9.17) is 84.2 Å². The zero-order valence-corrected chi connectivity index (χ0v) is 71.4. The first-order valence-corrected chi connectivity index (χ1v) is 40.0. The summed E-state index contributed by atoms with van der Waals surface area (Å²) in [6.45, 7) is 51.5. The van der Waals surface area contributed by atoms with E-state index in [1.54, 1.807) is 0 Å². The highest BCUT2D eigenvalue weighted by atomic mass is 16.4. The molecule has 0 amide bonds. The Morgan fingerprint density at radius 3 is 0.861 bits per heavy atom. The number of nitrogens with two attached hydrogens (primary N) is 4. The zero-order chi connectivity index (χ0) is 84.4. The molecule has 0 aromatic rings. The van der Waals surface area contributed by atoms with Gasteiger partial charge in [0, 0.05) is 227 Å². The van der Waals surface area contributed by atoms with Crippen LogP contribution in [0.15, 0.2) is 0 Å². The van der Waals surface area contributed by atoms with Crippen LogP contribution in [0.2, 0.25) is 0 Å². The van der Waals surface area contributed by atoms with Crippen molar-refractivity contribution in [2.24, 2.45) is 22.9 Å². The van der Waals surface area contributed by atoms with Gasteiger partial charge in [-0.2, -0.15) is 0 Å². The Bertz CT molecular complexity index is 1350. The van der Waals surface area contributed by atoms with Gasteiger partial charge in [0.1, 0.15) is 0 Å². The van der Waals surface area contributed by atoms with Crippen LogP contribution in [0.25, 0.3) is 0 Å². The molecule has 34 N–H and O–H groups in total. The van der Waals surface area contributed by atoms with Crippen molar-refractivity contribution >= 4 is 11.9 Å². The molecule has 0 fully saturated rings. The number of carbonyl (C=O) groups is 2. The standard InChI is InChI=1S/C10H24N2O4.C10H24N2O2.2C8H20N2.C6H16N2O2.2C6H16N2.C5H12N2O2.C5H14N2O.C4H10N2O2.C4H12N2O/c13-7-3-11(4-8-14)1-2-12(5-9-15)6-10-16;1-3-9(7-13)11-5-6-12-10(4-2)8-14;1-7(2)9-5-6-10-8(3)4;1-3-5-9-7-8-10-6-4-2;9-5-3-7-1-2-8-4-6-10;1-7(2)5-6-8(3)4;1-3-7-5-6-8-4-2;6-2-4-7-3-1-5(8)9;6-2-4-7-3-1-5-8;5-1-2-6-3-4(7)8;5-1-2-6-3-4-7/h13-16H,1-10H2;9-14H,3-8H2,1-2H3;7-10H,5-6H2,1-4H3;9-10H,3-8H2,1-2H3;7-10H,1-6H2;5-6H2,1-4H3;7-8H,3-6H2,1-2H3;7H,1-4,6H2,(H,8,9);7-8H,1-6H2;6H,1-3,5H2,(H,7,8);6-7H,1-5H2. The molecule has 0 aliphatic carbocycles. The van der Waals surface area contributed by atoms with Gasteiger partial charge >= 0.3 is 11.9 Å². The smallest absolute Gasteiger partial charge is 0.317 e. The minimum Gasteiger partial charge on any atom is -0.481 e. The Morgan fingerprint density at radius 1 is 0.315 bits per heavy atom. The van der Waals surface area contributed by atoms with Gasteiger partial charge in [-0.15, -0.1) is 0 Å². The van der Waals surface area contributed by atoms with Crippen LogP contribution < -0.4 is 97.4 Å². The molecule has 36 nitrogen and oxygen atoms in total. The third-order valence-corrected chi connectivity index (χ3v) is 13.3. The van der Waals surface area contributed by atoms with Crippen LogP contribution >= 0.6 is 0 Å². The summed E-state index contributed by atoms with van der Waals surface area (Å²) in [6.07, 6.45) is 5.32. The van der Waals surface area contributed by atoms with E-state index in [1.807, 2.05) is 23.6 Å². The highest BCUT2D eigenvalue weighted by Crippen LogP contribution is 1.93. The van der Waals surface area contributed by atoms with Crippen molar-refractivity contribution < 1.29 is 70.9 Å². The molecule has 0 aromatic heterocycles. The molecule has 0 aliphatic rings. The third-order valence-electron chi connectivity index (χ3n) is 13.3. The van der Waals surface area contributed by atoms with Crippen LogP contribution in [-0.4, -0.2) is 447 Å². The van der Waals surface area contributed by atoms with Gasteiger partial charge in [0.15, 0.2) is 0 Å². The molecular weight excluding hydrogens is 1400 g/mol. The maximum absolute atomic E-state index is 9.89. The van der Waals surface area contributed by atoms with Crippen LogP contribution in [0.5, 0.6) is 0 Å². The van der Waals surface area contributed by atoms with Crippen LogP contribution in [0.3, 0.4) is 0 Å². The fourth-order valence-corrected chi connectivity index (χ4v) is 7.22. The lowest BCUT2D eigenvalue weighted by Crippen LogP contribution is -2.40. The second kappa shape index (κ2) is 128. The zero-order valence-electron chi connectivity index (χ0n) is 71.4. The second-order valence-corrected chi connectivity index (χ2v) is 25.0. The van der Waals surface area contributed by atoms with E-state index < -0.39 is 11.9 Å². The van der Waals surface area contributed by atoms with Crippen molar-refractivity contribution in [1.82, 2.24) is 94.0 Å². The predicted molar refractivity (Wildman–Crippen MR) is 453 cm³/mol. The van der Waals surface area contributed by atoms with E-state index in [1.165, 1.54) is 12.8 Å². The van der Waals surface area contributed by atoms with Crippen LogP contribution in [0, 0.1) is 0 Å². The summed E-state index contributed by atoms with van der Waals surface area (Å²) in [7, 11) is 8.35. The Kier molecular flexibility index (Phi) is 153. The first-order chi connectivity index (χ1) is 51.9. The number of aliphatic hydroxyl groups excluding tert-OH is 10. The Morgan fingerprint density at radius 2 is 0.611 bits per heavy atom. The fraction of sp³-hybridized carbons (Fsp3) is 0.972. The van der Waals surface area contributed by atoms with Gasteiger partial charge in [0.05, 0.1) is 72.4 Å². The highest BCUT2D eigenvalue weighted by Gasteiger charge is 2.09. The number of nitrogens with one attached hydrogen (secondary N) is 14. The van der Waals surface area contributed by atoms with E-state index >= 15 is 0 Å². The van der Waals surface area contributed by atoms with E-state index in [-0.39, 0.29) is 91.1 Å².